The molecule has 0 amide bonds. The molecule has 0 spiro atoms. The monoisotopic (exact) mass is 216 g/mol. The van der Waals surface area contributed by atoms with E-state index in [1.165, 1.54) is 0 Å². The molecule has 0 unspecified atom stereocenters. The van der Waals surface area contributed by atoms with Gasteiger partial charge in [-0.1, -0.05) is 42.9 Å². The Labute approximate surface area is 87.3 Å². The van der Waals surface area contributed by atoms with Crippen LogP contribution in [-0.2, 0) is 0 Å². The van der Waals surface area contributed by atoms with Crippen LogP contribution in [0.3, 0.4) is 0 Å². The highest BCUT2D eigenvalue weighted by molar-refractivity contribution is 8.23. The minimum absolute atomic E-state index is 0.753. The molecule has 1 aromatic rings. The van der Waals surface area contributed by atoms with E-state index in [0.29, 0.717) is 0 Å². The van der Waals surface area contributed by atoms with Crippen molar-refractivity contribution in [1.29, 1.82) is 0 Å². The van der Waals surface area contributed by atoms with E-state index in [4.69, 9.17) is 23.8 Å². The van der Waals surface area contributed by atoms with Crippen LogP contribution >= 0.6 is 35.6 Å². The summed E-state index contributed by atoms with van der Waals surface area (Å²) in [4.78, 5) is 0. The normalized spacial score (nSPS) is 9.83. The summed E-state index contributed by atoms with van der Waals surface area (Å²) in [6, 6.07) is 7.62. The van der Waals surface area contributed by atoms with Crippen molar-refractivity contribution in [3.8, 4) is 0 Å². The summed E-state index contributed by atoms with van der Waals surface area (Å²) in [5.41, 5.74) is 1.08. The fourth-order valence-corrected chi connectivity index (χ4v) is 1.98. The molecule has 0 bridgehead atoms. The van der Waals surface area contributed by atoms with E-state index in [1.54, 1.807) is 11.8 Å². The Morgan fingerprint density at radius 2 is 2.00 bits per heavy atom. The van der Waals surface area contributed by atoms with Crippen molar-refractivity contribution in [3.05, 3.63) is 34.9 Å². The highest BCUT2D eigenvalue weighted by Gasteiger charge is 1.99. The highest BCUT2D eigenvalue weighted by Crippen LogP contribution is 2.16. The standard InChI is InChI=1S/C9H9ClS2/c1-2-12-9(11)7-3-5-8(10)6-4-7/h3-6H,2H2,1H3. The van der Waals surface area contributed by atoms with Gasteiger partial charge in [-0.2, -0.15) is 0 Å². The molecule has 0 saturated heterocycles. The zero-order valence-corrected chi connectivity index (χ0v) is 9.10. The number of hydrogen-bond donors (Lipinski definition) is 0. The first kappa shape index (κ1) is 10.0. The van der Waals surface area contributed by atoms with Crippen molar-refractivity contribution in [2.75, 3.05) is 5.75 Å². The molecule has 0 N–H and O–H groups in total. The van der Waals surface area contributed by atoms with Gasteiger partial charge in [0.25, 0.3) is 0 Å². The molecule has 0 aliphatic carbocycles. The maximum absolute atomic E-state index is 5.74. The van der Waals surface area contributed by atoms with E-state index in [9.17, 15) is 0 Å². The number of halogens is 1. The summed E-state index contributed by atoms with van der Waals surface area (Å²) < 4.78 is 0.939. The minimum Gasteiger partial charge on any atom is -0.114 e. The Bertz CT molecular complexity index is 266. The molecule has 64 valence electrons. The van der Waals surface area contributed by atoms with Crippen molar-refractivity contribution < 1.29 is 0 Å². The average Bonchev–Trinajstić information content (AvgIpc) is 2.06. The predicted molar refractivity (Wildman–Crippen MR) is 61.3 cm³/mol. The molecule has 0 aliphatic rings. The Balaban J connectivity index is 2.75. The van der Waals surface area contributed by atoms with Crippen LogP contribution in [0, 0.1) is 0 Å². The topological polar surface area (TPSA) is 0 Å². The van der Waals surface area contributed by atoms with Crippen LogP contribution in [0.1, 0.15) is 12.5 Å². The molecule has 0 saturated carbocycles. The molecule has 1 rings (SSSR count). The van der Waals surface area contributed by atoms with Crippen molar-refractivity contribution in [2.24, 2.45) is 0 Å². The van der Waals surface area contributed by atoms with Crippen LogP contribution in [0.2, 0.25) is 5.02 Å². The van der Waals surface area contributed by atoms with Crippen LogP contribution in [-0.4, -0.2) is 9.95 Å². The molecule has 12 heavy (non-hydrogen) atoms. The summed E-state index contributed by atoms with van der Waals surface area (Å²) in [7, 11) is 0. The minimum atomic E-state index is 0.753. The summed E-state index contributed by atoms with van der Waals surface area (Å²) in [6.45, 7) is 2.09. The van der Waals surface area contributed by atoms with E-state index in [-0.39, 0.29) is 0 Å². The fourth-order valence-electron chi connectivity index (χ4n) is 0.800. The van der Waals surface area contributed by atoms with Gasteiger partial charge in [-0.05, 0) is 23.4 Å². The van der Waals surface area contributed by atoms with Crippen LogP contribution in [0.25, 0.3) is 0 Å². The molecule has 0 radical (unpaired) electrons. The smallest absolute Gasteiger partial charge is 0.0778 e. The van der Waals surface area contributed by atoms with E-state index in [0.717, 1.165) is 20.5 Å². The molecule has 3 heteroatoms. The third-order valence-electron chi connectivity index (χ3n) is 1.36. The molecule has 0 aliphatic heterocycles. The Hall–Kier alpha value is -0.0500. The Morgan fingerprint density at radius 3 is 2.50 bits per heavy atom. The lowest BCUT2D eigenvalue weighted by molar-refractivity contribution is 1.54. The van der Waals surface area contributed by atoms with Gasteiger partial charge in [-0.25, -0.2) is 0 Å². The van der Waals surface area contributed by atoms with Crippen LogP contribution in [0.4, 0.5) is 0 Å². The second-order valence-corrected chi connectivity index (χ2v) is 4.60. The summed E-state index contributed by atoms with van der Waals surface area (Å²) in [6.07, 6.45) is 0. The third-order valence-corrected chi connectivity index (χ3v) is 2.98. The molecule has 1 aromatic carbocycles. The molecule has 0 heterocycles. The lowest BCUT2D eigenvalue weighted by Gasteiger charge is -2.00. The predicted octanol–water partition coefficient (Wildman–Crippen LogP) is 3.77. The van der Waals surface area contributed by atoms with Gasteiger partial charge < -0.3 is 0 Å². The molecule has 0 fully saturated rings. The Morgan fingerprint density at radius 1 is 1.42 bits per heavy atom. The first-order chi connectivity index (χ1) is 5.74. The zero-order chi connectivity index (χ0) is 8.97. The first-order valence-corrected chi connectivity index (χ1v) is 5.44. The SMILES string of the molecule is CCSC(=S)c1ccc(Cl)cc1. The van der Waals surface area contributed by atoms with E-state index >= 15 is 0 Å². The van der Waals surface area contributed by atoms with Crippen LogP contribution in [0.15, 0.2) is 24.3 Å². The van der Waals surface area contributed by atoms with Crippen LogP contribution < -0.4 is 0 Å². The summed E-state index contributed by atoms with van der Waals surface area (Å²) >= 11 is 12.6. The van der Waals surface area contributed by atoms with Gasteiger partial charge in [-0.3, -0.25) is 0 Å². The van der Waals surface area contributed by atoms with Crippen LogP contribution in [0.5, 0.6) is 0 Å². The molecule has 0 nitrogen and oxygen atoms in total. The third kappa shape index (κ3) is 2.77. The number of thioether (sulfide) groups is 1. The number of rotatable bonds is 2. The molecule has 0 atom stereocenters. The van der Waals surface area contributed by atoms with Gasteiger partial charge in [0.15, 0.2) is 0 Å². The van der Waals surface area contributed by atoms with Gasteiger partial charge in [-0.15, -0.1) is 11.8 Å². The van der Waals surface area contributed by atoms with Gasteiger partial charge in [0.05, 0.1) is 4.20 Å². The number of benzene rings is 1. The zero-order valence-electron chi connectivity index (χ0n) is 6.71. The molecular weight excluding hydrogens is 208 g/mol. The van der Waals surface area contributed by atoms with Crippen molar-refractivity contribution >= 4 is 39.8 Å². The van der Waals surface area contributed by atoms with E-state index in [1.807, 2.05) is 24.3 Å². The van der Waals surface area contributed by atoms with Gasteiger partial charge in [0.1, 0.15) is 0 Å². The lowest BCUT2D eigenvalue weighted by Crippen LogP contribution is -1.90. The maximum atomic E-state index is 5.74. The van der Waals surface area contributed by atoms with Gasteiger partial charge in [0, 0.05) is 5.02 Å². The second kappa shape index (κ2) is 4.85. The van der Waals surface area contributed by atoms with Gasteiger partial charge >= 0.3 is 0 Å². The average molecular weight is 217 g/mol. The van der Waals surface area contributed by atoms with Crippen molar-refractivity contribution in [1.82, 2.24) is 0 Å². The fraction of sp³-hybridized carbons (Fsp3) is 0.222. The Kier molecular flexibility index (Phi) is 4.06. The maximum Gasteiger partial charge on any atom is 0.0778 e. The number of thiocarbonyl (C=S) groups is 1. The second-order valence-electron chi connectivity index (χ2n) is 2.23. The molecule has 0 aromatic heterocycles. The lowest BCUT2D eigenvalue weighted by atomic mass is 10.2. The summed E-state index contributed by atoms with van der Waals surface area (Å²) in [5.74, 6) is 1.02. The highest BCUT2D eigenvalue weighted by atomic mass is 35.5. The number of hydrogen-bond acceptors (Lipinski definition) is 2. The van der Waals surface area contributed by atoms with Gasteiger partial charge in [0.2, 0.25) is 0 Å². The quantitative estimate of drug-likeness (QED) is 0.691. The molecular formula is C9H9ClS2. The van der Waals surface area contributed by atoms with Crippen molar-refractivity contribution in [2.45, 2.75) is 6.92 Å². The van der Waals surface area contributed by atoms with E-state index < -0.39 is 0 Å². The first-order valence-electron chi connectivity index (χ1n) is 3.66. The van der Waals surface area contributed by atoms with Crippen molar-refractivity contribution in [3.63, 3.8) is 0 Å². The summed E-state index contributed by atoms with van der Waals surface area (Å²) in [5, 5.41) is 0.753. The largest absolute Gasteiger partial charge is 0.114 e. The van der Waals surface area contributed by atoms with E-state index in [2.05, 4.69) is 6.92 Å².